The second-order valence-corrected chi connectivity index (χ2v) is 14.8. The highest BCUT2D eigenvalue weighted by atomic mass is 31.2. The van der Waals surface area contributed by atoms with Gasteiger partial charge >= 0.3 is 13.8 Å². The molecule has 2 fully saturated rings. The van der Waals surface area contributed by atoms with Gasteiger partial charge in [-0.1, -0.05) is 90.4 Å². The van der Waals surface area contributed by atoms with Crippen LogP contribution < -0.4 is 22.9 Å². The SMILES string of the molecule is CCCCCCCCCCCCCCCCO[C@H](COP(=O)(O)O[C@H]1OC(C(N)=O)[C@H](O)[C@H](N=C(N)N)C1O[C@@H]1OC(CO)[C@@H](O)C(O)[C@@H]1N)C(=O)O. The van der Waals surface area contributed by atoms with Crippen LogP contribution in [0.25, 0.3) is 0 Å². The molecule has 2 saturated heterocycles. The lowest BCUT2D eigenvalue weighted by atomic mass is 9.95. The number of guanidine groups is 1. The van der Waals surface area contributed by atoms with E-state index in [1.54, 1.807) is 0 Å². The summed E-state index contributed by atoms with van der Waals surface area (Å²) in [7, 11) is -5.31. The summed E-state index contributed by atoms with van der Waals surface area (Å²) < 4.78 is 45.1. The minimum absolute atomic E-state index is 0.0476. The van der Waals surface area contributed by atoms with Crippen LogP contribution in [0.2, 0.25) is 0 Å². The van der Waals surface area contributed by atoms with E-state index in [1.807, 2.05) is 0 Å². The van der Waals surface area contributed by atoms with E-state index in [1.165, 1.54) is 57.8 Å². The van der Waals surface area contributed by atoms with Gasteiger partial charge in [0.25, 0.3) is 0 Å². The average Bonchev–Trinajstić information content (AvgIpc) is 3.09. The lowest BCUT2D eigenvalue weighted by Gasteiger charge is -2.46. The lowest BCUT2D eigenvalue weighted by Crippen LogP contribution is -2.67. The molecule has 0 spiro atoms. The standard InChI is InChI=1S/C32H62N5O15P/c1-2-3-4-5-6-7-8-9-10-11-12-13-14-15-16-47-20(29(43)44)18-48-53(45,46)52-31-26(22(37-32(35)36)25(41)27(51-31)28(34)42)50-30-21(33)24(40)23(39)19(17-38)49-30/h19-27,30-31,38-41H,2-18,33H2,1H3,(H2,34,42)(H,43,44)(H,45,46)(H4,35,36,37)/t19?,20-,21+,22+,23-,24?,25-,26?,27?,30+,31-/m1/s1. The summed E-state index contributed by atoms with van der Waals surface area (Å²) in [5.41, 5.74) is 22.3. The van der Waals surface area contributed by atoms with Gasteiger partial charge in [-0.15, -0.1) is 0 Å². The molecule has 1 amide bonds. The van der Waals surface area contributed by atoms with Crippen molar-refractivity contribution in [1.29, 1.82) is 0 Å². The molecular formula is C32H62N5O15P. The number of nitrogens with zero attached hydrogens (tertiary/aromatic N) is 1. The zero-order chi connectivity index (χ0) is 39.6. The van der Waals surface area contributed by atoms with E-state index in [-0.39, 0.29) is 6.61 Å². The molecule has 0 bridgehead atoms. The molecule has 14 N–H and O–H groups in total. The predicted molar refractivity (Wildman–Crippen MR) is 189 cm³/mol. The quantitative estimate of drug-likeness (QED) is 0.0216. The molecule has 2 rings (SSSR count). The molecule has 20 nitrogen and oxygen atoms in total. The highest BCUT2D eigenvalue weighted by molar-refractivity contribution is 7.47. The fraction of sp³-hybridized carbons (Fsp3) is 0.906. The summed E-state index contributed by atoms with van der Waals surface area (Å²) in [6.07, 6.45) is -0.0586. The van der Waals surface area contributed by atoms with Gasteiger partial charge in [0.1, 0.15) is 36.6 Å². The minimum atomic E-state index is -5.31. The van der Waals surface area contributed by atoms with Gasteiger partial charge in [-0.05, 0) is 6.42 Å². The molecule has 0 aromatic heterocycles. The molecule has 0 radical (unpaired) electrons. The number of carbonyl (C=O) groups is 2. The largest absolute Gasteiger partial charge is 0.479 e. The van der Waals surface area contributed by atoms with Crippen molar-refractivity contribution in [3.05, 3.63) is 0 Å². The molecule has 53 heavy (non-hydrogen) atoms. The normalized spacial score (nSPS) is 30.7. The van der Waals surface area contributed by atoms with E-state index >= 15 is 0 Å². The second-order valence-electron chi connectivity index (χ2n) is 13.4. The predicted octanol–water partition coefficient (Wildman–Crippen LogP) is -0.564. The van der Waals surface area contributed by atoms with Crippen molar-refractivity contribution in [3.8, 4) is 0 Å². The van der Waals surface area contributed by atoms with Crippen molar-refractivity contribution in [2.45, 2.75) is 164 Å². The number of unbranched alkanes of at least 4 members (excludes halogenated alkanes) is 13. The average molecular weight is 788 g/mol. The minimum Gasteiger partial charge on any atom is -0.479 e. The molecule has 310 valence electrons. The molecule has 2 aliphatic heterocycles. The van der Waals surface area contributed by atoms with Gasteiger partial charge in [0, 0.05) is 6.61 Å². The van der Waals surface area contributed by atoms with E-state index in [4.69, 9.17) is 50.9 Å². The maximum absolute atomic E-state index is 13.1. The van der Waals surface area contributed by atoms with Crippen LogP contribution >= 0.6 is 7.82 Å². The zero-order valence-corrected chi connectivity index (χ0v) is 31.3. The summed E-state index contributed by atoms with van der Waals surface area (Å²) >= 11 is 0. The van der Waals surface area contributed by atoms with E-state index in [2.05, 4.69) is 11.9 Å². The Morgan fingerprint density at radius 1 is 0.830 bits per heavy atom. The first-order valence-corrected chi connectivity index (χ1v) is 19.9. The van der Waals surface area contributed by atoms with E-state index in [9.17, 15) is 44.6 Å². The van der Waals surface area contributed by atoms with Crippen LogP contribution in [0.1, 0.15) is 96.8 Å². The van der Waals surface area contributed by atoms with Crippen molar-refractivity contribution < 1.29 is 72.6 Å². The third kappa shape index (κ3) is 16.3. The maximum Gasteiger partial charge on any atom is 0.474 e. The Balaban J connectivity index is 1.96. The van der Waals surface area contributed by atoms with E-state index < -0.39 is 106 Å². The fourth-order valence-electron chi connectivity index (χ4n) is 6.04. The van der Waals surface area contributed by atoms with Gasteiger partial charge in [0.2, 0.25) is 5.91 Å². The summed E-state index contributed by atoms with van der Waals surface area (Å²) in [6.45, 7) is 0.524. The number of carbonyl (C=O) groups excluding carboxylic acids is 1. The zero-order valence-electron chi connectivity index (χ0n) is 30.4. The number of aliphatic hydroxyl groups excluding tert-OH is 4. The van der Waals surface area contributed by atoms with Crippen LogP contribution in [0.5, 0.6) is 0 Å². The number of primary amides is 1. The molecule has 5 unspecified atom stereocenters. The monoisotopic (exact) mass is 787 g/mol. The Bertz CT molecular complexity index is 1150. The molecule has 0 aromatic rings. The summed E-state index contributed by atoms with van der Waals surface area (Å²) in [6, 6.07) is -3.23. The van der Waals surface area contributed by atoms with Gasteiger partial charge in [0.05, 0.1) is 19.3 Å². The highest BCUT2D eigenvalue weighted by Gasteiger charge is 2.54. The number of carboxylic acids is 1. The Labute approximate surface area is 310 Å². The maximum atomic E-state index is 13.1. The second kappa shape index (κ2) is 24.5. The van der Waals surface area contributed by atoms with Crippen molar-refractivity contribution in [2.24, 2.45) is 27.9 Å². The molecular weight excluding hydrogens is 725 g/mol. The van der Waals surface area contributed by atoms with E-state index in [0.29, 0.717) is 6.42 Å². The third-order valence-electron chi connectivity index (χ3n) is 9.06. The number of aliphatic hydroxyl groups is 4. The van der Waals surface area contributed by atoms with Crippen LogP contribution in [0.4, 0.5) is 0 Å². The molecule has 2 heterocycles. The first kappa shape index (κ1) is 47.1. The van der Waals surface area contributed by atoms with Crippen LogP contribution in [0, 0.1) is 0 Å². The number of phosphoric acid groups is 1. The van der Waals surface area contributed by atoms with Gasteiger partial charge in [-0.3, -0.25) is 13.8 Å². The first-order chi connectivity index (χ1) is 25.1. The Kier molecular flexibility index (Phi) is 21.8. The van der Waals surface area contributed by atoms with Crippen LogP contribution in [-0.4, -0.2) is 135 Å². The summed E-state index contributed by atoms with van der Waals surface area (Å²) in [4.78, 5) is 38.4. The number of aliphatic carboxylic acids is 1. The molecule has 21 heteroatoms. The smallest absolute Gasteiger partial charge is 0.474 e. The van der Waals surface area contributed by atoms with E-state index in [0.717, 1.165) is 25.7 Å². The number of aliphatic imine (C=N–C) groups is 1. The number of carboxylic acid groups (broad SMARTS) is 1. The number of rotatable bonds is 27. The van der Waals surface area contributed by atoms with Crippen molar-refractivity contribution in [2.75, 3.05) is 19.8 Å². The Morgan fingerprint density at radius 3 is 1.87 bits per heavy atom. The number of hydrogen-bond acceptors (Lipinski definition) is 15. The van der Waals surface area contributed by atoms with Gasteiger partial charge in [-0.25, -0.2) is 14.4 Å². The number of ether oxygens (including phenoxy) is 4. The molecule has 0 saturated carbocycles. The third-order valence-corrected chi connectivity index (χ3v) is 10.0. The molecule has 2 aliphatic rings. The van der Waals surface area contributed by atoms with Gasteiger partial charge in [-0.2, -0.15) is 0 Å². The number of phosphoric ester groups is 1. The Hall–Kier alpha value is -2.04. The summed E-state index contributed by atoms with van der Waals surface area (Å²) in [5.74, 6) is -3.38. The van der Waals surface area contributed by atoms with Gasteiger partial charge in [0.15, 0.2) is 30.7 Å². The lowest BCUT2D eigenvalue weighted by molar-refractivity contribution is -0.322. The topological polar surface area (TPSA) is 344 Å². The first-order valence-electron chi connectivity index (χ1n) is 18.4. The van der Waals surface area contributed by atoms with Crippen molar-refractivity contribution in [3.63, 3.8) is 0 Å². The van der Waals surface area contributed by atoms with Crippen molar-refractivity contribution in [1.82, 2.24) is 0 Å². The summed E-state index contributed by atoms with van der Waals surface area (Å²) in [5, 5.41) is 50.6. The fourth-order valence-corrected chi connectivity index (χ4v) is 6.86. The van der Waals surface area contributed by atoms with Crippen LogP contribution in [0.15, 0.2) is 4.99 Å². The molecule has 0 aromatic carbocycles. The van der Waals surface area contributed by atoms with Crippen LogP contribution in [0.3, 0.4) is 0 Å². The van der Waals surface area contributed by atoms with Crippen molar-refractivity contribution >= 4 is 25.7 Å². The molecule has 0 aliphatic carbocycles. The van der Waals surface area contributed by atoms with Crippen LogP contribution in [-0.2, 0) is 42.1 Å². The highest BCUT2D eigenvalue weighted by Crippen LogP contribution is 2.47. The number of amides is 1. The number of hydrogen-bond donors (Lipinski definition) is 10. The molecule has 12 atom stereocenters. The Morgan fingerprint density at radius 2 is 1.38 bits per heavy atom. The van der Waals surface area contributed by atoms with Gasteiger partial charge < -0.3 is 72.3 Å². The number of nitrogens with two attached hydrogens (primary N) is 4.